The third-order valence-electron chi connectivity index (χ3n) is 3.36. The summed E-state index contributed by atoms with van der Waals surface area (Å²) in [5.74, 6) is -0.571. The minimum atomic E-state index is -0.761. The molecule has 19 heavy (non-hydrogen) atoms. The first-order valence-electron chi connectivity index (χ1n) is 6.37. The lowest BCUT2D eigenvalue weighted by molar-refractivity contribution is -0.138. The van der Waals surface area contributed by atoms with Gasteiger partial charge in [-0.3, -0.25) is 9.89 Å². The lowest BCUT2D eigenvalue weighted by atomic mass is 9.94. The van der Waals surface area contributed by atoms with Crippen LogP contribution in [-0.2, 0) is 11.3 Å². The van der Waals surface area contributed by atoms with Crippen LogP contribution in [0.2, 0.25) is 0 Å². The van der Waals surface area contributed by atoms with Crippen molar-refractivity contribution in [1.82, 2.24) is 20.4 Å². The van der Waals surface area contributed by atoms with Crippen LogP contribution in [0.4, 0.5) is 4.79 Å². The van der Waals surface area contributed by atoms with Crippen LogP contribution < -0.4 is 5.32 Å². The van der Waals surface area contributed by atoms with E-state index in [-0.39, 0.29) is 18.4 Å². The Hall–Kier alpha value is -2.05. The number of rotatable bonds is 4. The highest BCUT2D eigenvalue weighted by molar-refractivity contribution is 5.74. The third kappa shape index (κ3) is 3.97. The van der Waals surface area contributed by atoms with Gasteiger partial charge < -0.3 is 15.3 Å². The van der Waals surface area contributed by atoms with Gasteiger partial charge in [0, 0.05) is 37.8 Å². The zero-order valence-electron chi connectivity index (χ0n) is 10.6. The summed E-state index contributed by atoms with van der Waals surface area (Å²) in [5.41, 5.74) is 0.925. The van der Waals surface area contributed by atoms with E-state index in [1.807, 2.05) is 0 Å². The van der Waals surface area contributed by atoms with Crippen molar-refractivity contribution in [2.45, 2.75) is 25.8 Å². The smallest absolute Gasteiger partial charge is 0.317 e. The Kier molecular flexibility index (Phi) is 4.38. The maximum absolute atomic E-state index is 11.9. The SMILES string of the molecule is O=C(O)CC1CCN(C(=O)NCc2cn[nH]c2)CC1. The molecule has 0 aliphatic carbocycles. The van der Waals surface area contributed by atoms with Gasteiger partial charge in [0.15, 0.2) is 0 Å². The number of aromatic nitrogens is 2. The van der Waals surface area contributed by atoms with Crippen LogP contribution in [-0.4, -0.2) is 45.3 Å². The van der Waals surface area contributed by atoms with E-state index in [0.29, 0.717) is 19.6 Å². The normalized spacial score (nSPS) is 16.3. The molecule has 2 rings (SSSR count). The average molecular weight is 266 g/mol. The number of carbonyl (C=O) groups excluding carboxylic acids is 1. The Morgan fingerprint density at radius 2 is 2.21 bits per heavy atom. The van der Waals surface area contributed by atoms with Crippen molar-refractivity contribution in [3.05, 3.63) is 18.0 Å². The van der Waals surface area contributed by atoms with Crippen LogP contribution in [0.5, 0.6) is 0 Å². The zero-order chi connectivity index (χ0) is 13.7. The number of hydrogen-bond donors (Lipinski definition) is 3. The van der Waals surface area contributed by atoms with E-state index in [0.717, 1.165) is 18.4 Å². The van der Waals surface area contributed by atoms with Crippen LogP contribution >= 0.6 is 0 Å². The van der Waals surface area contributed by atoms with Gasteiger partial charge in [-0.15, -0.1) is 0 Å². The number of likely N-dealkylation sites (tertiary alicyclic amines) is 1. The number of nitrogens with one attached hydrogen (secondary N) is 2. The zero-order valence-corrected chi connectivity index (χ0v) is 10.6. The lowest BCUT2D eigenvalue weighted by Crippen LogP contribution is -2.44. The second kappa shape index (κ2) is 6.21. The molecule has 1 fully saturated rings. The van der Waals surface area contributed by atoms with Crippen molar-refractivity contribution < 1.29 is 14.7 Å². The molecule has 0 radical (unpaired) electrons. The fourth-order valence-corrected chi connectivity index (χ4v) is 2.25. The van der Waals surface area contributed by atoms with Crippen molar-refractivity contribution in [2.75, 3.05) is 13.1 Å². The van der Waals surface area contributed by atoms with Gasteiger partial charge in [0.1, 0.15) is 0 Å². The number of aromatic amines is 1. The number of carbonyl (C=O) groups is 2. The van der Waals surface area contributed by atoms with E-state index in [1.54, 1.807) is 17.3 Å². The van der Waals surface area contributed by atoms with Gasteiger partial charge in [0.25, 0.3) is 0 Å². The molecule has 2 heterocycles. The monoisotopic (exact) mass is 266 g/mol. The third-order valence-corrected chi connectivity index (χ3v) is 3.36. The highest BCUT2D eigenvalue weighted by atomic mass is 16.4. The highest BCUT2D eigenvalue weighted by Crippen LogP contribution is 2.20. The summed E-state index contributed by atoms with van der Waals surface area (Å²) >= 11 is 0. The molecule has 0 aromatic carbocycles. The lowest BCUT2D eigenvalue weighted by Gasteiger charge is -2.31. The van der Waals surface area contributed by atoms with Crippen LogP contribution in [0.1, 0.15) is 24.8 Å². The van der Waals surface area contributed by atoms with E-state index in [4.69, 9.17) is 5.11 Å². The van der Waals surface area contributed by atoms with Crippen LogP contribution in [0, 0.1) is 5.92 Å². The van der Waals surface area contributed by atoms with E-state index in [9.17, 15) is 9.59 Å². The average Bonchev–Trinajstić information content (AvgIpc) is 2.89. The summed E-state index contributed by atoms with van der Waals surface area (Å²) in [6, 6.07) is -0.102. The second-order valence-electron chi connectivity index (χ2n) is 4.79. The van der Waals surface area contributed by atoms with Crippen molar-refractivity contribution in [3.8, 4) is 0 Å². The number of carboxylic acid groups (broad SMARTS) is 1. The van der Waals surface area contributed by atoms with Gasteiger partial charge >= 0.3 is 12.0 Å². The highest BCUT2D eigenvalue weighted by Gasteiger charge is 2.24. The molecular weight excluding hydrogens is 248 g/mol. The van der Waals surface area contributed by atoms with Crippen LogP contribution in [0.3, 0.4) is 0 Å². The van der Waals surface area contributed by atoms with E-state index in [1.165, 1.54) is 0 Å². The summed E-state index contributed by atoms with van der Waals surface area (Å²) in [4.78, 5) is 24.2. The van der Waals surface area contributed by atoms with Gasteiger partial charge in [-0.05, 0) is 18.8 Å². The molecule has 0 saturated carbocycles. The summed E-state index contributed by atoms with van der Waals surface area (Å²) in [6.07, 6.45) is 5.11. The molecule has 1 aliphatic rings. The number of nitrogens with zero attached hydrogens (tertiary/aromatic N) is 2. The second-order valence-corrected chi connectivity index (χ2v) is 4.79. The van der Waals surface area contributed by atoms with Gasteiger partial charge in [-0.25, -0.2) is 4.79 Å². The summed E-state index contributed by atoms with van der Waals surface area (Å²) in [5, 5.41) is 18.0. The Morgan fingerprint density at radius 1 is 1.47 bits per heavy atom. The topological polar surface area (TPSA) is 98.3 Å². The number of urea groups is 1. The van der Waals surface area contributed by atoms with Crippen molar-refractivity contribution >= 4 is 12.0 Å². The minimum absolute atomic E-state index is 0.102. The van der Waals surface area contributed by atoms with Gasteiger partial charge in [-0.1, -0.05) is 0 Å². The summed E-state index contributed by atoms with van der Waals surface area (Å²) in [7, 11) is 0. The molecule has 0 atom stereocenters. The molecule has 7 nitrogen and oxygen atoms in total. The van der Waals surface area contributed by atoms with Gasteiger partial charge in [0.2, 0.25) is 0 Å². The first-order valence-corrected chi connectivity index (χ1v) is 6.37. The number of carboxylic acids is 1. The number of H-pyrrole nitrogens is 1. The predicted molar refractivity (Wildman–Crippen MR) is 67.4 cm³/mol. The molecule has 3 N–H and O–H groups in total. The van der Waals surface area contributed by atoms with E-state index in [2.05, 4.69) is 15.5 Å². The van der Waals surface area contributed by atoms with Gasteiger partial charge in [-0.2, -0.15) is 5.10 Å². The largest absolute Gasteiger partial charge is 0.481 e. The van der Waals surface area contributed by atoms with Crippen LogP contribution in [0.15, 0.2) is 12.4 Å². The molecule has 0 unspecified atom stereocenters. The van der Waals surface area contributed by atoms with Crippen LogP contribution in [0.25, 0.3) is 0 Å². The molecule has 2 amide bonds. The molecule has 1 saturated heterocycles. The van der Waals surface area contributed by atoms with Gasteiger partial charge in [0.05, 0.1) is 6.20 Å². The number of aliphatic carboxylic acids is 1. The molecule has 1 aromatic heterocycles. The first kappa shape index (κ1) is 13.4. The van der Waals surface area contributed by atoms with Crippen molar-refractivity contribution in [3.63, 3.8) is 0 Å². The number of piperidine rings is 1. The standard InChI is InChI=1S/C12H18N4O3/c17-11(18)5-9-1-3-16(4-2-9)12(19)13-6-10-7-14-15-8-10/h7-9H,1-6H2,(H,13,19)(H,14,15)(H,17,18). The number of hydrogen-bond acceptors (Lipinski definition) is 3. The number of amides is 2. The summed E-state index contributed by atoms with van der Waals surface area (Å²) < 4.78 is 0. The molecule has 1 aliphatic heterocycles. The van der Waals surface area contributed by atoms with Crippen molar-refractivity contribution in [2.24, 2.45) is 5.92 Å². The molecule has 1 aromatic rings. The maximum Gasteiger partial charge on any atom is 0.317 e. The predicted octanol–water partition coefficient (Wildman–Crippen LogP) is 0.806. The Morgan fingerprint density at radius 3 is 2.79 bits per heavy atom. The molecule has 104 valence electrons. The minimum Gasteiger partial charge on any atom is -0.481 e. The molecular formula is C12H18N4O3. The Balaban J connectivity index is 1.71. The summed E-state index contributed by atoms with van der Waals surface area (Å²) in [6.45, 7) is 1.69. The molecule has 0 bridgehead atoms. The Bertz CT molecular complexity index is 424. The maximum atomic E-state index is 11.9. The Labute approximate surface area is 111 Å². The molecule has 0 spiro atoms. The quantitative estimate of drug-likeness (QED) is 0.751. The fourth-order valence-electron chi connectivity index (χ4n) is 2.25. The first-order chi connectivity index (χ1) is 9.15. The van der Waals surface area contributed by atoms with E-state index >= 15 is 0 Å². The molecule has 7 heteroatoms. The fraction of sp³-hybridized carbons (Fsp3) is 0.583. The van der Waals surface area contributed by atoms with Crippen molar-refractivity contribution in [1.29, 1.82) is 0 Å². The van der Waals surface area contributed by atoms with E-state index < -0.39 is 5.97 Å².